The number of morpholine rings is 1. The lowest BCUT2D eigenvalue weighted by Gasteiger charge is -2.28. The molecular formula is C11H14N4O. The number of ether oxygens (including phenoxy) is 1. The van der Waals surface area contributed by atoms with E-state index in [1.165, 1.54) is 0 Å². The van der Waals surface area contributed by atoms with Crippen molar-refractivity contribution in [2.24, 2.45) is 0 Å². The average molecular weight is 218 g/mol. The lowest BCUT2D eigenvalue weighted by Crippen LogP contribution is -2.36. The van der Waals surface area contributed by atoms with Crippen molar-refractivity contribution in [3.8, 4) is 0 Å². The lowest BCUT2D eigenvalue weighted by molar-refractivity contribution is 0.123. The maximum absolute atomic E-state index is 5.35. The molecule has 3 heterocycles. The smallest absolute Gasteiger partial charge is 0.177 e. The van der Waals surface area contributed by atoms with Gasteiger partial charge >= 0.3 is 0 Å². The van der Waals surface area contributed by atoms with Crippen molar-refractivity contribution in [2.45, 2.75) is 6.92 Å². The summed E-state index contributed by atoms with van der Waals surface area (Å²) in [5, 5.41) is 4.25. The summed E-state index contributed by atoms with van der Waals surface area (Å²) < 4.78 is 7.19. The number of rotatable bonds is 1. The van der Waals surface area contributed by atoms with E-state index in [1.54, 1.807) is 0 Å². The highest BCUT2D eigenvalue weighted by molar-refractivity contribution is 5.68. The first-order valence-electron chi connectivity index (χ1n) is 5.48. The maximum atomic E-state index is 5.35. The Kier molecular flexibility index (Phi) is 2.25. The van der Waals surface area contributed by atoms with Gasteiger partial charge in [0.25, 0.3) is 0 Å². The molecule has 0 N–H and O–H groups in total. The zero-order valence-electron chi connectivity index (χ0n) is 9.26. The van der Waals surface area contributed by atoms with Gasteiger partial charge in [-0.2, -0.15) is 5.10 Å². The third kappa shape index (κ3) is 1.53. The summed E-state index contributed by atoms with van der Waals surface area (Å²) in [7, 11) is 0. The number of imidazole rings is 1. The number of aryl methyl sites for hydroxylation is 1. The molecule has 0 bridgehead atoms. The Morgan fingerprint density at radius 3 is 2.94 bits per heavy atom. The summed E-state index contributed by atoms with van der Waals surface area (Å²) in [6.07, 6.45) is 3.76. The van der Waals surface area contributed by atoms with E-state index in [0.717, 1.165) is 43.3 Å². The molecule has 5 nitrogen and oxygen atoms in total. The van der Waals surface area contributed by atoms with E-state index in [1.807, 2.05) is 29.9 Å². The quantitative estimate of drug-likeness (QED) is 0.712. The molecule has 0 spiro atoms. The second kappa shape index (κ2) is 3.75. The monoisotopic (exact) mass is 218 g/mol. The van der Waals surface area contributed by atoms with Crippen molar-refractivity contribution >= 4 is 11.3 Å². The SMILES string of the molecule is Cc1cn2nccc(N3CCOCC3)c2n1. The molecule has 0 unspecified atom stereocenters. The minimum absolute atomic E-state index is 0.786. The van der Waals surface area contributed by atoms with Crippen LogP contribution in [0, 0.1) is 6.92 Å². The van der Waals surface area contributed by atoms with Crippen molar-refractivity contribution < 1.29 is 4.74 Å². The molecule has 1 saturated heterocycles. The van der Waals surface area contributed by atoms with E-state index in [4.69, 9.17) is 4.74 Å². The summed E-state index contributed by atoms with van der Waals surface area (Å²) >= 11 is 0. The van der Waals surface area contributed by atoms with Gasteiger partial charge in [0.15, 0.2) is 5.65 Å². The average Bonchev–Trinajstić information content (AvgIpc) is 2.70. The maximum Gasteiger partial charge on any atom is 0.177 e. The van der Waals surface area contributed by atoms with Gasteiger partial charge in [-0.3, -0.25) is 0 Å². The minimum Gasteiger partial charge on any atom is -0.378 e. The highest BCUT2D eigenvalue weighted by Gasteiger charge is 2.15. The molecule has 84 valence electrons. The van der Waals surface area contributed by atoms with Gasteiger partial charge in [0.2, 0.25) is 0 Å². The van der Waals surface area contributed by atoms with E-state index in [9.17, 15) is 0 Å². The van der Waals surface area contributed by atoms with Gasteiger partial charge < -0.3 is 9.64 Å². The molecule has 3 rings (SSSR count). The van der Waals surface area contributed by atoms with Crippen LogP contribution in [-0.4, -0.2) is 40.9 Å². The molecule has 1 fully saturated rings. The number of hydrogen-bond donors (Lipinski definition) is 0. The normalized spacial score (nSPS) is 16.9. The van der Waals surface area contributed by atoms with Crippen LogP contribution in [-0.2, 0) is 4.74 Å². The second-order valence-corrected chi connectivity index (χ2v) is 3.97. The van der Waals surface area contributed by atoms with E-state index in [0.29, 0.717) is 0 Å². The third-order valence-electron chi connectivity index (χ3n) is 2.81. The largest absolute Gasteiger partial charge is 0.378 e. The zero-order valence-corrected chi connectivity index (χ0v) is 9.26. The third-order valence-corrected chi connectivity index (χ3v) is 2.81. The van der Waals surface area contributed by atoms with Crippen LogP contribution in [0.2, 0.25) is 0 Å². The van der Waals surface area contributed by atoms with Crippen LogP contribution in [0.4, 0.5) is 5.69 Å². The standard InChI is InChI=1S/C11H14N4O/c1-9-8-15-11(13-9)10(2-3-12-15)14-4-6-16-7-5-14/h2-3,8H,4-7H2,1H3. The van der Waals surface area contributed by atoms with Crippen molar-refractivity contribution in [2.75, 3.05) is 31.2 Å². The number of aromatic nitrogens is 3. The van der Waals surface area contributed by atoms with Gasteiger partial charge in [-0.05, 0) is 13.0 Å². The van der Waals surface area contributed by atoms with Crippen molar-refractivity contribution in [3.63, 3.8) is 0 Å². The lowest BCUT2D eigenvalue weighted by atomic mass is 10.3. The molecule has 2 aromatic heterocycles. The Hall–Kier alpha value is -1.62. The van der Waals surface area contributed by atoms with Gasteiger partial charge in [0.1, 0.15) is 0 Å². The molecule has 0 amide bonds. The molecule has 0 aliphatic carbocycles. The summed E-state index contributed by atoms with van der Waals surface area (Å²) in [6, 6.07) is 2.02. The Labute approximate surface area is 93.6 Å². The van der Waals surface area contributed by atoms with Gasteiger partial charge in [-0.15, -0.1) is 0 Å². The summed E-state index contributed by atoms with van der Waals surface area (Å²) in [6.45, 7) is 5.40. The fourth-order valence-corrected chi connectivity index (χ4v) is 2.05. The van der Waals surface area contributed by atoms with Crippen LogP contribution >= 0.6 is 0 Å². The van der Waals surface area contributed by atoms with Crippen LogP contribution < -0.4 is 4.90 Å². The summed E-state index contributed by atoms with van der Waals surface area (Å²) in [5.74, 6) is 0. The van der Waals surface area contributed by atoms with Crippen LogP contribution in [0.15, 0.2) is 18.5 Å². The van der Waals surface area contributed by atoms with Gasteiger partial charge in [0.05, 0.1) is 37.0 Å². The summed E-state index contributed by atoms with van der Waals surface area (Å²) in [5.41, 5.74) is 3.07. The molecule has 5 heteroatoms. The van der Waals surface area contributed by atoms with Crippen molar-refractivity contribution in [1.29, 1.82) is 0 Å². The number of nitrogens with zero attached hydrogens (tertiary/aromatic N) is 4. The van der Waals surface area contributed by atoms with Crippen molar-refractivity contribution in [3.05, 3.63) is 24.2 Å². The number of hydrogen-bond acceptors (Lipinski definition) is 4. The summed E-state index contributed by atoms with van der Waals surface area (Å²) in [4.78, 5) is 6.80. The fraction of sp³-hybridized carbons (Fsp3) is 0.455. The van der Waals surface area contributed by atoms with E-state index in [-0.39, 0.29) is 0 Å². The molecule has 0 aromatic carbocycles. The van der Waals surface area contributed by atoms with Gasteiger partial charge in [-0.1, -0.05) is 0 Å². The first-order valence-corrected chi connectivity index (χ1v) is 5.48. The van der Waals surface area contributed by atoms with E-state index >= 15 is 0 Å². The Balaban J connectivity index is 2.07. The molecule has 0 saturated carbocycles. The van der Waals surface area contributed by atoms with Gasteiger partial charge in [-0.25, -0.2) is 9.50 Å². The van der Waals surface area contributed by atoms with E-state index < -0.39 is 0 Å². The van der Waals surface area contributed by atoms with Crippen LogP contribution in [0.3, 0.4) is 0 Å². The minimum atomic E-state index is 0.786. The Bertz CT molecular complexity index is 502. The molecule has 0 radical (unpaired) electrons. The van der Waals surface area contributed by atoms with E-state index in [2.05, 4.69) is 15.0 Å². The fourth-order valence-electron chi connectivity index (χ4n) is 2.05. The highest BCUT2D eigenvalue weighted by Crippen LogP contribution is 2.20. The topological polar surface area (TPSA) is 42.7 Å². The van der Waals surface area contributed by atoms with Crippen molar-refractivity contribution in [1.82, 2.24) is 14.6 Å². The molecule has 2 aromatic rings. The Morgan fingerprint density at radius 2 is 2.12 bits per heavy atom. The molecule has 1 aliphatic rings. The molecule has 1 aliphatic heterocycles. The Morgan fingerprint density at radius 1 is 1.31 bits per heavy atom. The molecule has 0 atom stereocenters. The second-order valence-electron chi connectivity index (χ2n) is 3.97. The van der Waals surface area contributed by atoms with Crippen LogP contribution in [0.1, 0.15) is 5.69 Å². The van der Waals surface area contributed by atoms with Gasteiger partial charge in [0, 0.05) is 13.1 Å². The predicted molar refractivity (Wildman–Crippen MR) is 60.8 cm³/mol. The highest BCUT2D eigenvalue weighted by atomic mass is 16.5. The van der Waals surface area contributed by atoms with Crippen LogP contribution in [0.25, 0.3) is 5.65 Å². The van der Waals surface area contributed by atoms with Crippen LogP contribution in [0.5, 0.6) is 0 Å². The zero-order chi connectivity index (χ0) is 11.0. The number of anilines is 1. The first-order chi connectivity index (χ1) is 7.84. The first kappa shape index (κ1) is 9.59. The number of fused-ring (bicyclic) bond motifs is 1. The molecular weight excluding hydrogens is 204 g/mol. The molecule has 16 heavy (non-hydrogen) atoms. The predicted octanol–water partition coefficient (Wildman–Crippen LogP) is 0.874.